The summed E-state index contributed by atoms with van der Waals surface area (Å²) in [7, 11) is 0. The fraction of sp³-hybridized carbons (Fsp3) is 0.409. The van der Waals surface area contributed by atoms with Gasteiger partial charge in [-0.1, -0.05) is 32.0 Å². The van der Waals surface area contributed by atoms with Gasteiger partial charge in [-0.15, -0.1) is 0 Å². The monoisotopic (exact) mass is 433 g/mol. The number of halogens is 2. The SMILES string of the molecule is Cc1ccc(NC(=O)N(c2ccccc2C(C)C)C2CC(C(=O)O)C2)c(OC(F)F)n1. The van der Waals surface area contributed by atoms with E-state index >= 15 is 0 Å². The highest BCUT2D eigenvalue weighted by molar-refractivity contribution is 6.03. The smallest absolute Gasteiger partial charge is 0.388 e. The summed E-state index contributed by atoms with van der Waals surface area (Å²) in [5.74, 6) is -1.69. The van der Waals surface area contributed by atoms with Crippen molar-refractivity contribution in [2.75, 3.05) is 10.2 Å². The third-order valence-corrected chi connectivity index (χ3v) is 5.31. The molecule has 1 aliphatic carbocycles. The summed E-state index contributed by atoms with van der Waals surface area (Å²) >= 11 is 0. The lowest BCUT2D eigenvalue weighted by Gasteiger charge is -2.42. The number of aryl methyl sites for hydroxylation is 1. The minimum absolute atomic E-state index is 0.0111. The van der Waals surface area contributed by atoms with Crippen molar-refractivity contribution < 1.29 is 28.2 Å². The minimum atomic E-state index is -3.09. The van der Waals surface area contributed by atoms with Crippen LogP contribution in [0.25, 0.3) is 0 Å². The lowest BCUT2D eigenvalue weighted by molar-refractivity contribution is -0.145. The van der Waals surface area contributed by atoms with E-state index < -0.39 is 24.5 Å². The summed E-state index contributed by atoms with van der Waals surface area (Å²) in [6.07, 6.45) is 0.615. The summed E-state index contributed by atoms with van der Waals surface area (Å²) in [6, 6.07) is 9.50. The Balaban J connectivity index is 1.94. The number of carboxylic acid groups (broad SMARTS) is 1. The highest BCUT2D eigenvalue weighted by Crippen LogP contribution is 2.38. The van der Waals surface area contributed by atoms with Crippen molar-refractivity contribution in [3.63, 3.8) is 0 Å². The number of para-hydroxylation sites is 1. The van der Waals surface area contributed by atoms with Crippen molar-refractivity contribution in [3.8, 4) is 5.88 Å². The van der Waals surface area contributed by atoms with Crippen LogP contribution >= 0.6 is 0 Å². The molecule has 2 N–H and O–H groups in total. The first-order valence-electron chi connectivity index (χ1n) is 10.0. The zero-order valence-corrected chi connectivity index (χ0v) is 17.5. The van der Waals surface area contributed by atoms with Crippen LogP contribution in [0.3, 0.4) is 0 Å². The highest BCUT2D eigenvalue weighted by atomic mass is 19.3. The number of aliphatic carboxylic acids is 1. The molecule has 1 aromatic carbocycles. The van der Waals surface area contributed by atoms with Gasteiger partial charge in [0.2, 0.25) is 5.88 Å². The molecule has 7 nitrogen and oxygen atoms in total. The van der Waals surface area contributed by atoms with Crippen LogP contribution in [0.15, 0.2) is 36.4 Å². The molecule has 2 aromatic rings. The summed E-state index contributed by atoms with van der Waals surface area (Å²) in [4.78, 5) is 30.1. The maximum Gasteiger partial charge on any atom is 0.388 e. The fourth-order valence-corrected chi connectivity index (χ4v) is 3.64. The van der Waals surface area contributed by atoms with Crippen molar-refractivity contribution >= 4 is 23.4 Å². The number of amides is 2. The maximum absolute atomic E-state index is 13.3. The van der Waals surface area contributed by atoms with Crippen molar-refractivity contribution in [2.24, 2.45) is 5.92 Å². The molecule has 0 spiro atoms. The van der Waals surface area contributed by atoms with E-state index in [0.717, 1.165) is 5.56 Å². The predicted octanol–water partition coefficient (Wildman–Crippen LogP) is 5.02. The van der Waals surface area contributed by atoms with Gasteiger partial charge in [0.05, 0.1) is 5.92 Å². The standard InChI is InChI=1S/C22H25F2N3O4/c1-12(2)16-6-4-5-7-18(16)27(15-10-14(11-15)20(28)29)22(30)26-17-9-8-13(3)25-19(17)31-21(23)24/h4-9,12,14-15,21H,10-11H2,1-3H3,(H,26,30)(H,28,29). The van der Waals surface area contributed by atoms with Crippen molar-refractivity contribution in [1.82, 2.24) is 4.98 Å². The molecule has 1 aromatic heterocycles. The van der Waals surface area contributed by atoms with Gasteiger partial charge in [-0.2, -0.15) is 8.78 Å². The normalized spacial score (nSPS) is 17.9. The number of rotatable bonds is 7. The van der Waals surface area contributed by atoms with E-state index in [0.29, 0.717) is 24.2 Å². The molecule has 1 saturated carbocycles. The highest BCUT2D eigenvalue weighted by Gasteiger charge is 2.41. The Bertz CT molecular complexity index is 962. The van der Waals surface area contributed by atoms with Crippen LogP contribution in [-0.4, -0.2) is 34.7 Å². The Morgan fingerprint density at radius 1 is 1.19 bits per heavy atom. The molecule has 2 amide bonds. The Labute approximate surface area is 179 Å². The molecule has 1 fully saturated rings. The van der Waals surface area contributed by atoms with Crippen LogP contribution in [0.4, 0.5) is 25.0 Å². The number of alkyl halides is 2. The molecule has 1 aliphatic rings. The van der Waals surface area contributed by atoms with E-state index in [4.69, 9.17) is 0 Å². The van der Waals surface area contributed by atoms with Gasteiger partial charge in [0.25, 0.3) is 0 Å². The summed E-state index contributed by atoms with van der Waals surface area (Å²) < 4.78 is 30.1. The number of carboxylic acids is 1. The molecule has 31 heavy (non-hydrogen) atoms. The van der Waals surface area contributed by atoms with Crippen molar-refractivity contribution in [1.29, 1.82) is 0 Å². The first-order chi connectivity index (χ1) is 14.7. The number of aromatic nitrogens is 1. The van der Waals surface area contributed by atoms with Crippen molar-refractivity contribution in [2.45, 2.75) is 52.2 Å². The van der Waals surface area contributed by atoms with Crippen LogP contribution in [0.1, 0.15) is 43.9 Å². The Morgan fingerprint density at radius 2 is 1.87 bits per heavy atom. The average Bonchev–Trinajstić information content (AvgIpc) is 2.65. The van der Waals surface area contributed by atoms with E-state index in [9.17, 15) is 23.5 Å². The third kappa shape index (κ3) is 5.10. The summed E-state index contributed by atoms with van der Waals surface area (Å²) in [5.41, 5.74) is 2.04. The molecule has 1 heterocycles. The topological polar surface area (TPSA) is 91.8 Å². The quantitative estimate of drug-likeness (QED) is 0.640. The largest absolute Gasteiger partial charge is 0.481 e. The Hall–Kier alpha value is -3.23. The van der Waals surface area contributed by atoms with Gasteiger partial charge in [-0.05, 0) is 49.4 Å². The molecule has 0 atom stereocenters. The van der Waals surface area contributed by atoms with Crippen LogP contribution < -0.4 is 15.0 Å². The van der Waals surface area contributed by atoms with Crippen LogP contribution in [0.2, 0.25) is 0 Å². The predicted molar refractivity (Wildman–Crippen MR) is 112 cm³/mol. The molecule has 0 unspecified atom stereocenters. The number of anilines is 2. The maximum atomic E-state index is 13.3. The number of nitrogens with one attached hydrogen (secondary N) is 1. The average molecular weight is 433 g/mol. The zero-order chi connectivity index (χ0) is 22.7. The van der Waals surface area contributed by atoms with E-state index in [-0.39, 0.29) is 23.5 Å². The van der Waals surface area contributed by atoms with Crippen LogP contribution in [0.5, 0.6) is 5.88 Å². The number of nitrogens with zero attached hydrogens (tertiary/aromatic N) is 2. The lowest BCUT2D eigenvalue weighted by Crippen LogP contribution is -2.51. The molecule has 166 valence electrons. The fourth-order valence-electron chi connectivity index (χ4n) is 3.64. The Kier molecular flexibility index (Phi) is 6.72. The van der Waals surface area contributed by atoms with Gasteiger partial charge in [-0.25, -0.2) is 9.78 Å². The number of ether oxygens (including phenoxy) is 1. The van der Waals surface area contributed by atoms with E-state index in [1.165, 1.54) is 11.0 Å². The third-order valence-electron chi connectivity index (χ3n) is 5.31. The number of urea groups is 1. The van der Waals surface area contributed by atoms with E-state index in [1.807, 2.05) is 26.0 Å². The zero-order valence-electron chi connectivity index (χ0n) is 17.5. The first-order valence-corrected chi connectivity index (χ1v) is 10.0. The second-order valence-corrected chi connectivity index (χ2v) is 7.86. The number of hydrogen-bond acceptors (Lipinski definition) is 4. The van der Waals surface area contributed by atoms with Gasteiger partial charge >= 0.3 is 18.6 Å². The Morgan fingerprint density at radius 3 is 2.48 bits per heavy atom. The van der Waals surface area contributed by atoms with Gasteiger partial charge in [0.1, 0.15) is 5.69 Å². The first kappa shape index (κ1) is 22.5. The minimum Gasteiger partial charge on any atom is -0.481 e. The molecule has 3 rings (SSSR count). The van der Waals surface area contributed by atoms with E-state index in [2.05, 4.69) is 15.0 Å². The second kappa shape index (κ2) is 9.28. The molecule has 9 heteroatoms. The van der Waals surface area contributed by atoms with E-state index in [1.54, 1.807) is 25.1 Å². The van der Waals surface area contributed by atoms with Gasteiger partial charge in [-0.3, -0.25) is 9.69 Å². The number of pyridine rings is 1. The van der Waals surface area contributed by atoms with Gasteiger partial charge in [0, 0.05) is 17.4 Å². The number of carbonyl (C=O) groups excluding carboxylic acids is 1. The second-order valence-electron chi connectivity index (χ2n) is 7.86. The molecule has 0 aliphatic heterocycles. The van der Waals surface area contributed by atoms with Crippen LogP contribution in [-0.2, 0) is 4.79 Å². The summed E-state index contributed by atoms with van der Waals surface area (Å²) in [5, 5.41) is 11.9. The molecule has 0 saturated heterocycles. The van der Waals surface area contributed by atoms with Gasteiger partial charge < -0.3 is 15.2 Å². The number of benzene rings is 1. The molecule has 0 radical (unpaired) electrons. The number of hydrogen-bond donors (Lipinski definition) is 2. The molecular weight excluding hydrogens is 408 g/mol. The lowest BCUT2D eigenvalue weighted by atomic mass is 9.79. The molecule has 0 bridgehead atoms. The van der Waals surface area contributed by atoms with Crippen LogP contribution in [0, 0.1) is 12.8 Å². The van der Waals surface area contributed by atoms with Crippen molar-refractivity contribution in [3.05, 3.63) is 47.7 Å². The summed E-state index contributed by atoms with van der Waals surface area (Å²) in [6.45, 7) is 2.52. The number of carbonyl (C=O) groups is 2. The van der Waals surface area contributed by atoms with Gasteiger partial charge in [0.15, 0.2) is 0 Å². The molecular formula is C22H25F2N3O4.